The van der Waals surface area contributed by atoms with Crippen LogP contribution >= 0.6 is 0 Å². The lowest BCUT2D eigenvalue weighted by atomic mass is 9.97. The van der Waals surface area contributed by atoms with Gasteiger partial charge >= 0.3 is 5.97 Å². The zero-order chi connectivity index (χ0) is 26.5. The first-order chi connectivity index (χ1) is 18.3. The fourth-order valence-corrected chi connectivity index (χ4v) is 6.69. The Bertz CT molecular complexity index is 1390. The van der Waals surface area contributed by atoms with Gasteiger partial charge in [-0.25, -0.2) is 13.4 Å². The molecular weight excluding hydrogens is 502 g/mol. The van der Waals surface area contributed by atoms with Gasteiger partial charge in [0, 0.05) is 18.1 Å². The molecule has 1 aliphatic carbocycles. The molecule has 1 aliphatic heterocycles. The first-order valence-electron chi connectivity index (χ1n) is 13.2. The summed E-state index contributed by atoms with van der Waals surface area (Å²) in [7, 11) is -2.87. The molecule has 2 aromatic carbocycles. The highest BCUT2D eigenvalue weighted by Gasteiger charge is 2.24. The van der Waals surface area contributed by atoms with Crippen LogP contribution in [0, 0.1) is 5.92 Å². The normalized spacial score (nSPS) is 16.6. The van der Waals surface area contributed by atoms with Crippen LogP contribution in [-0.2, 0) is 40.5 Å². The SMILES string of the molecule is O=C(O)CCc1ccc(OCc2ccc3c(c2)-c2ccc(OCC4CCS(=O)(=O)CC4)nc2CCC3)cc1. The molecular formula is C30H33NO6S. The molecule has 2 aliphatic rings. The molecule has 200 valence electrons. The van der Waals surface area contributed by atoms with E-state index in [4.69, 9.17) is 19.6 Å². The molecule has 1 saturated heterocycles. The van der Waals surface area contributed by atoms with Crippen LogP contribution in [-0.4, -0.2) is 42.6 Å². The van der Waals surface area contributed by atoms with Crippen molar-refractivity contribution in [3.8, 4) is 22.8 Å². The number of pyridine rings is 1. The number of sulfone groups is 1. The minimum absolute atomic E-state index is 0.117. The number of benzene rings is 2. The van der Waals surface area contributed by atoms with Crippen molar-refractivity contribution in [3.05, 3.63) is 77.0 Å². The van der Waals surface area contributed by atoms with Crippen molar-refractivity contribution in [1.82, 2.24) is 4.98 Å². The maximum Gasteiger partial charge on any atom is 0.303 e. The van der Waals surface area contributed by atoms with E-state index in [1.54, 1.807) is 0 Å². The van der Waals surface area contributed by atoms with E-state index in [9.17, 15) is 13.2 Å². The molecule has 0 saturated carbocycles. The number of aryl methyl sites for hydroxylation is 3. The number of rotatable bonds is 9. The summed E-state index contributed by atoms with van der Waals surface area (Å²) in [5, 5.41) is 8.85. The summed E-state index contributed by atoms with van der Waals surface area (Å²) in [6.07, 6.45) is 4.81. The smallest absolute Gasteiger partial charge is 0.303 e. The summed E-state index contributed by atoms with van der Waals surface area (Å²) in [6, 6.07) is 18.1. The van der Waals surface area contributed by atoms with Gasteiger partial charge in [0.25, 0.3) is 0 Å². The highest BCUT2D eigenvalue weighted by molar-refractivity contribution is 7.91. The van der Waals surface area contributed by atoms with E-state index in [0.717, 1.165) is 47.4 Å². The van der Waals surface area contributed by atoms with E-state index >= 15 is 0 Å². The number of hydrogen-bond acceptors (Lipinski definition) is 6. The lowest BCUT2D eigenvalue weighted by Gasteiger charge is -2.22. The van der Waals surface area contributed by atoms with Gasteiger partial charge in [-0.3, -0.25) is 4.79 Å². The Kier molecular flexibility index (Phi) is 7.98. The number of aliphatic carboxylic acids is 1. The predicted octanol–water partition coefficient (Wildman–Crippen LogP) is 5.04. The minimum atomic E-state index is -2.87. The number of carbonyl (C=O) groups is 1. The van der Waals surface area contributed by atoms with Gasteiger partial charge in [-0.2, -0.15) is 0 Å². The van der Waals surface area contributed by atoms with Gasteiger partial charge in [-0.05, 0) is 91.0 Å². The zero-order valence-electron chi connectivity index (χ0n) is 21.4. The molecule has 7 nitrogen and oxygen atoms in total. The van der Waals surface area contributed by atoms with Crippen LogP contribution in [0.4, 0.5) is 0 Å². The number of carboxylic acids is 1. The summed E-state index contributed by atoms with van der Waals surface area (Å²) < 4.78 is 35.4. The second-order valence-electron chi connectivity index (χ2n) is 10.2. The molecule has 0 bridgehead atoms. The van der Waals surface area contributed by atoms with Gasteiger partial charge < -0.3 is 14.6 Å². The number of aromatic nitrogens is 1. The number of carboxylic acid groups (broad SMARTS) is 1. The van der Waals surface area contributed by atoms with Crippen LogP contribution in [0.5, 0.6) is 11.6 Å². The maximum atomic E-state index is 11.7. The standard InChI is InChI=1S/C30H33NO6S/c32-30(33)13-7-21-5-9-25(10-6-21)36-20-23-4-8-24-2-1-3-28-26(27(24)18-23)11-12-29(31-28)37-19-22-14-16-38(34,35)17-15-22/h4-6,8-12,18,22H,1-3,7,13-17,19-20H2,(H,32,33). The Labute approximate surface area is 223 Å². The van der Waals surface area contributed by atoms with Gasteiger partial charge in [0.1, 0.15) is 22.2 Å². The van der Waals surface area contributed by atoms with E-state index < -0.39 is 15.8 Å². The molecule has 1 fully saturated rings. The average Bonchev–Trinajstić information content (AvgIpc) is 3.09. The number of nitrogens with zero attached hydrogens (tertiary/aromatic N) is 1. The number of hydrogen-bond donors (Lipinski definition) is 1. The number of ether oxygens (including phenoxy) is 2. The van der Waals surface area contributed by atoms with Crippen LogP contribution in [0.2, 0.25) is 0 Å². The monoisotopic (exact) mass is 535 g/mol. The summed E-state index contributed by atoms with van der Waals surface area (Å²) in [4.78, 5) is 15.6. The van der Waals surface area contributed by atoms with E-state index in [1.165, 1.54) is 11.1 Å². The van der Waals surface area contributed by atoms with E-state index in [2.05, 4.69) is 24.3 Å². The third-order valence-corrected chi connectivity index (χ3v) is 9.09. The fraction of sp³-hybridized carbons (Fsp3) is 0.400. The molecule has 3 aromatic rings. The van der Waals surface area contributed by atoms with Gasteiger partial charge in [-0.1, -0.05) is 24.3 Å². The highest BCUT2D eigenvalue weighted by Crippen LogP contribution is 2.34. The van der Waals surface area contributed by atoms with E-state index in [-0.39, 0.29) is 23.8 Å². The van der Waals surface area contributed by atoms with Crippen LogP contribution in [0.25, 0.3) is 11.1 Å². The lowest BCUT2D eigenvalue weighted by molar-refractivity contribution is -0.136. The van der Waals surface area contributed by atoms with E-state index in [0.29, 0.717) is 38.4 Å². The Morgan fingerprint density at radius 3 is 2.45 bits per heavy atom. The maximum absolute atomic E-state index is 11.7. The first-order valence-corrected chi connectivity index (χ1v) is 15.1. The predicted molar refractivity (Wildman–Crippen MR) is 145 cm³/mol. The van der Waals surface area contributed by atoms with Crippen molar-refractivity contribution in [2.45, 2.75) is 51.6 Å². The molecule has 0 spiro atoms. The summed E-state index contributed by atoms with van der Waals surface area (Å²) in [5.74, 6) is 1.31. The van der Waals surface area contributed by atoms with Crippen LogP contribution in [0.3, 0.4) is 0 Å². The third kappa shape index (κ3) is 6.72. The van der Waals surface area contributed by atoms with Gasteiger partial charge in [0.15, 0.2) is 0 Å². The third-order valence-electron chi connectivity index (χ3n) is 7.37. The Balaban J connectivity index is 1.24. The average molecular weight is 536 g/mol. The summed E-state index contributed by atoms with van der Waals surface area (Å²) in [6.45, 7) is 0.933. The second kappa shape index (κ2) is 11.6. The Morgan fingerprint density at radius 1 is 0.921 bits per heavy atom. The summed E-state index contributed by atoms with van der Waals surface area (Å²) in [5.41, 5.74) is 6.68. The zero-order valence-corrected chi connectivity index (χ0v) is 22.2. The molecule has 0 unspecified atom stereocenters. The molecule has 5 rings (SSSR count). The Hall–Kier alpha value is -3.39. The van der Waals surface area contributed by atoms with Crippen molar-refractivity contribution in [2.24, 2.45) is 5.92 Å². The lowest BCUT2D eigenvalue weighted by Crippen LogP contribution is -2.27. The van der Waals surface area contributed by atoms with Crippen molar-refractivity contribution in [3.63, 3.8) is 0 Å². The molecule has 38 heavy (non-hydrogen) atoms. The van der Waals surface area contributed by atoms with Crippen LogP contribution in [0.15, 0.2) is 54.6 Å². The van der Waals surface area contributed by atoms with Gasteiger partial charge in [0.2, 0.25) is 5.88 Å². The molecule has 2 heterocycles. The molecule has 0 atom stereocenters. The minimum Gasteiger partial charge on any atom is -0.489 e. The van der Waals surface area contributed by atoms with Crippen LogP contribution < -0.4 is 9.47 Å². The van der Waals surface area contributed by atoms with Crippen molar-refractivity contribution in [1.29, 1.82) is 0 Å². The topological polar surface area (TPSA) is 103 Å². The van der Waals surface area contributed by atoms with Crippen LogP contribution in [0.1, 0.15) is 48.1 Å². The summed E-state index contributed by atoms with van der Waals surface area (Å²) >= 11 is 0. The quantitative estimate of drug-likeness (QED) is 0.410. The van der Waals surface area contributed by atoms with Crippen molar-refractivity contribution >= 4 is 15.8 Å². The fourth-order valence-electron chi connectivity index (χ4n) is 5.10. The Morgan fingerprint density at radius 2 is 1.68 bits per heavy atom. The molecule has 1 aromatic heterocycles. The van der Waals surface area contributed by atoms with Gasteiger partial charge in [-0.15, -0.1) is 0 Å². The molecule has 8 heteroatoms. The van der Waals surface area contributed by atoms with Gasteiger partial charge in [0.05, 0.1) is 23.8 Å². The van der Waals surface area contributed by atoms with E-state index in [1.807, 2.05) is 30.3 Å². The molecule has 1 N–H and O–H groups in total. The molecule has 0 radical (unpaired) electrons. The molecule has 0 amide bonds. The van der Waals surface area contributed by atoms with Crippen molar-refractivity contribution < 1.29 is 27.8 Å². The van der Waals surface area contributed by atoms with Crippen molar-refractivity contribution in [2.75, 3.05) is 18.1 Å². The largest absolute Gasteiger partial charge is 0.489 e. The number of fused-ring (bicyclic) bond motifs is 3. The first kappa shape index (κ1) is 26.2. The second-order valence-corrected chi connectivity index (χ2v) is 12.5. The highest BCUT2D eigenvalue weighted by atomic mass is 32.2.